The number of hydrogen-bond acceptors (Lipinski definition) is 4. The molecular formula is C11H16N2O3S. The summed E-state index contributed by atoms with van der Waals surface area (Å²) in [4.78, 5) is 2.12. The van der Waals surface area contributed by atoms with Gasteiger partial charge in [-0.15, -0.1) is 0 Å². The van der Waals surface area contributed by atoms with Crippen molar-refractivity contribution in [3.05, 3.63) is 23.8 Å². The highest BCUT2D eigenvalue weighted by molar-refractivity contribution is 7.89. The Morgan fingerprint density at radius 1 is 1.41 bits per heavy atom. The topological polar surface area (TPSA) is 72.6 Å². The molecule has 0 saturated heterocycles. The SMILES string of the molecule is CN(C)C1CCOc2c1cccc2S(N)(=O)=O. The van der Waals surface area contributed by atoms with Crippen LogP contribution < -0.4 is 9.88 Å². The van der Waals surface area contributed by atoms with E-state index in [4.69, 9.17) is 9.88 Å². The fourth-order valence-electron chi connectivity index (χ4n) is 2.14. The number of sulfonamides is 1. The quantitative estimate of drug-likeness (QED) is 0.846. The number of ether oxygens (including phenoxy) is 1. The van der Waals surface area contributed by atoms with Crippen molar-refractivity contribution in [2.24, 2.45) is 5.14 Å². The molecule has 17 heavy (non-hydrogen) atoms. The summed E-state index contributed by atoms with van der Waals surface area (Å²) >= 11 is 0. The van der Waals surface area contributed by atoms with Crippen molar-refractivity contribution in [2.45, 2.75) is 17.4 Å². The van der Waals surface area contributed by atoms with Crippen molar-refractivity contribution in [2.75, 3.05) is 20.7 Å². The first-order valence-electron chi connectivity index (χ1n) is 5.36. The zero-order chi connectivity index (χ0) is 12.6. The minimum absolute atomic E-state index is 0.0709. The molecule has 0 spiro atoms. The zero-order valence-electron chi connectivity index (χ0n) is 9.88. The van der Waals surface area contributed by atoms with Gasteiger partial charge < -0.3 is 9.64 Å². The first-order valence-corrected chi connectivity index (χ1v) is 6.91. The predicted octanol–water partition coefficient (Wildman–Crippen LogP) is 0.719. The van der Waals surface area contributed by atoms with E-state index in [1.54, 1.807) is 6.07 Å². The van der Waals surface area contributed by atoms with Crippen LogP contribution in [0, 0.1) is 0 Å². The van der Waals surface area contributed by atoms with Crippen LogP contribution in [-0.4, -0.2) is 34.0 Å². The van der Waals surface area contributed by atoms with Crippen LogP contribution in [0.4, 0.5) is 0 Å². The standard InChI is InChI=1S/C11H16N2O3S/c1-13(2)9-6-7-16-11-8(9)4-3-5-10(11)17(12,14)15/h3-5,9H,6-7H2,1-2H3,(H2,12,14,15). The summed E-state index contributed by atoms with van der Waals surface area (Å²) in [5.41, 5.74) is 0.882. The molecule has 2 N–H and O–H groups in total. The average molecular weight is 256 g/mol. The Labute approximate surface area is 101 Å². The third kappa shape index (κ3) is 2.29. The molecule has 0 saturated carbocycles. The van der Waals surface area contributed by atoms with Crippen molar-refractivity contribution in [1.82, 2.24) is 4.90 Å². The van der Waals surface area contributed by atoms with Gasteiger partial charge in [0.05, 0.1) is 6.61 Å². The van der Waals surface area contributed by atoms with E-state index >= 15 is 0 Å². The zero-order valence-corrected chi connectivity index (χ0v) is 10.7. The van der Waals surface area contributed by atoms with Gasteiger partial charge in [0.25, 0.3) is 0 Å². The lowest BCUT2D eigenvalue weighted by molar-refractivity contribution is 0.186. The van der Waals surface area contributed by atoms with E-state index in [9.17, 15) is 8.42 Å². The van der Waals surface area contributed by atoms with Crippen LogP contribution in [0.2, 0.25) is 0 Å². The molecule has 1 aromatic carbocycles. The van der Waals surface area contributed by atoms with Crippen LogP contribution in [0.15, 0.2) is 23.1 Å². The van der Waals surface area contributed by atoms with Crippen molar-refractivity contribution >= 4 is 10.0 Å². The number of para-hydroxylation sites is 1. The lowest BCUT2D eigenvalue weighted by Crippen LogP contribution is -2.27. The van der Waals surface area contributed by atoms with Crippen molar-refractivity contribution in [3.63, 3.8) is 0 Å². The van der Waals surface area contributed by atoms with Gasteiger partial charge in [-0.3, -0.25) is 0 Å². The predicted molar refractivity (Wildman–Crippen MR) is 64.4 cm³/mol. The highest BCUT2D eigenvalue weighted by Crippen LogP contribution is 2.38. The summed E-state index contributed by atoms with van der Waals surface area (Å²) in [5.74, 6) is 0.403. The smallest absolute Gasteiger partial charge is 0.241 e. The second kappa shape index (κ2) is 4.29. The van der Waals surface area contributed by atoms with E-state index in [2.05, 4.69) is 0 Å². The van der Waals surface area contributed by atoms with Crippen LogP contribution in [0.1, 0.15) is 18.0 Å². The van der Waals surface area contributed by atoms with Crippen molar-refractivity contribution < 1.29 is 13.2 Å². The Balaban J connectivity index is 2.59. The van der Waals surface area contributed by atoms with E-state index in [0.29, 0.717) is 12.4 Å². The van der Waals surface area contributed by atoms with Crippen LogP contribution in [-0.2, 0) is 10.0 Å². The number of primary sulfonamides is 1. The van der Waals surface area contributed by atoms with Crippen LogP contribution in [0.5, 0.6) is 5.75 Å². The van der Waals surface area contributed by atoms with Gasteiger partial charge in [0, 0.05) is 18.0 Å². The first kappa shape index (κ1) is 12.3. The van der Waals surface area contributed by atoms with Gasteiger partial charge in [0.15, 0.2) is 0 Å². The van der Waals surface area contributed by atoms with E-state index < -0.39 is 10.0 Å². The average Bonchev–Trinajstić information content (AvgIpc) is 2.26. The molecule has 0 fully saturated rings. The number of nitrogens with two attached hydrogens (primary N) is 1. The van der Waals surface area contributed by atoms with Crippen LogP contribution in [0.3, 0.4) is 0 Å². The Hall–Kier alpha value is -1.11. The Morgan fingerprint density at radius 2 is 2.12 bits per heavy atom. The molecule has 6 heteroatoms. The molecule has 1 heterocycles. The van der Waals surface area contributed by atoms with Gasteiger partial charge in [-0.25, -0.2) is 13.6 Å². The fourth-order valence-corrected chi connectivity index (χ4v) is 2.84. The van der Waals surface area contributed by atoms with E-state index in [1.165, 1.54) is 6.07 Å². The molecule has 1 aliphatic rings. The van der Waals surface area contributed by atoms with Crippen LogP contribution in [0.25, 0.3) is 0 Å². The van der Waals surface area contributed by atoms with E-state index in [0.717, 1.165) is 12.0 Å². The molecule has 0 amide bonds. The lowest BCUT2D eigenvalue weighted by atomic mass is 10.00. The van der Waals surface area contributed by atoms with E-state index in [1.807, 2.05) is 25.1 Å². The molecule has 1 aliphatic heterocycles. The molecular weight excluding hydrogens is 240 g/mol. The molecule has 1 aromatic rings. The summed E-state index contributed by atoms with van der Waals surface area (Å²) in [5, 5.41) is 5.18. The highest BCUT2D eigenvalue weighted by atomic mass is 32.2. The summed E-state index contributed by atoms with van der Waals surface area (Å²) in [6.07, 6.45) is 0.841. The summed E-state index contributed by atoms with van der Waals surface area (Å²) in [7, 11) is 0.186. The molecule has 1 atom stereocenters. The molecule has 5 nitrogen and oxygen atoms in total. The monoisotopic (exact) mass is 256 g/mol. The van der Waals surface area contributed by atoms with Gasteiger partial charge >= 0.3 is 0 Å². The molecule has 2 rings (SSSR count). The van der Waals surface area contributed by atoms with Crippen LogP contribution >= 0.6 is 0 Å². The largest absolute Gasteiger partial charge is 0.492 e. The van der Waals surface area contributed by atoms with Gasteiger partial charge in [0.1, 0.15) is 10.6 Å². The number of fused-ring (bicyclic) bond motifs is 1. The van der Waals surface area contributed by atoms with Crippen molar-refractivity contribution in [1.29, 1.82) is 0 Å². The molecule has 0 bridgehead atoms. The molecule has 94 valence electrons. The number of nitrogens with zero attached hydrogens (tertiary/aromatic N) is 1. The summed E-state index contributed by atoms with van der Waals surface area (Å²) in [6.45, 7) is 0.502. The fraction of sp³-hybridized carbons (Fsp3) is 0.455. The summed E-state index contributed by atoms with van der Waals surface area (Å²) in [6, 6.07) is 5.23. The Morgan fingerprint density at radius 3 is 2.71 bits per heavy atom. The Kier molecular flexibility index (Phi) is 3.11. The van der Waals surface area contributed by atoms with Gasteiger partial charge in [0.2, 0.25) is 10.0 Å². The number of benzene rings is 1. The Bertz CT molecular complexity index is 526. The first-order chi connectivity index (χ1) is 7.91. The molecule has 1 unspecified atom stereocenters. The molecule has 0 aliphatic carbocycles. The summed E-state index contributed by atoms with van der Waals surface area (Å²) < 4.78 is 28.4. The minimum Gasteiger partial charge on any atom is -0.492 e. The van der Waals surface area contributed by atoms with Gasteiger partial charge in [-0.1, -0.05) is 12.1 Å². The second-order valence-corrected chi connectivity index (χ2v) is 5.87. The van der Waals surface area contributed by atoms with E-state index in [-0.39, 0.29) is 10.9 Å². The normalized spacial score (nSPS) is 19.9. The molecule has 0 aromatic heterocycles. The highest BCUT2D eigenvalue weighted by Gasteiger charge is 2.28. The van der Waals surface area contributed by atoms with Gasteiger partial charge in [-0.05, 0) is 20.2 Å². The second-order valence-electron chi connectivity index (χ2n) is 4.34. The lowest BCUT2D eigenvalue weighted by Gasteiger charge is -2.31. The third-order valence-electron chi connectivity index (χ3n) is 2.94. The maximum absolute atomic E-state index is 11.5. The van der Waals surface area contributed by atoms with Gasteiger partial charge in [-0.2, -0.15) is 0 Å². The minimum atomic E-state index is -3.74. The number of rotatable bonds is 2. The molecule has 0 radical (unpaired) electrons. The maximum atomic E-state index is 11.5. The number of hydrogen-bond donors (Lipinski definition) is 1. The van der Waals surface area contributed by atoms with Crippen molar-refractivity contribution in [3.8, 4) is 5.75 Å². The third-order valence-corrected chi connectivity index (χ3v) is 3.87. The maximum Gasteiger partial charge on any atom is 0.241 e.